The van der Waals surface area contributed by atoms with E-state index in [0.717, 1.165) is 4.58 Å². The summed E-state index contributed by atoms with van der Waals surface area (Å²) in [6.45, 7) is 6.84. The average Bonchev–Trinajstić information content (AvgIpc) is 2.21. The first-order valence-electron chi connectivity index (χ1n) is 6.08. The monoisotopic (exact) mass is 234 g/mol. The summed E-state index contributed by atoms with van der Waals surface area (Å²) in [6.07, 6.45) is 8.25. The molecule has 0 aromatic rings. The third-order valence-corrected chi connectivity index (χ3v) is 5.38. The SMILES string of the molecule is CCCCCC(SCCC)SCCC. The van der Waals surface area contributed by atoms with Crippen molar-refractivity contribution in [2.24, 2.45) is 0 Å². The predicted octanol–water partition coefficient (Wildman–Crippen LogP) is 5.18. The Balaban J connectivity index is 3.49. The van der Waals surface area contributed by atoms with Crippen LogP contribution in [-0.4, -0.2) is 16.1 Å². The second-order valence-electron chi connectivity index (χ2n) is 3.67. The Morgan fingerprint density at radius 3 is 1.79 bits per heavy atom. The van der Waals surface area contributed by atoms with Crippen LogP contribution in [0, 0.1) is 0 Å². The van der Waals surface area contributed by atoms with Crippen molar-refractivity contribution in [3.8, 4) is 0 Å². The lowest BCUT2D eigenvalue weighted by molar-refractivity contribution is 0.696. The van der Waals surface area contributed by atoms with E-state index in [2.05, 4.69) is 44.3 Å². The first kappa shape index (κ1) is 14.7. The summed E-state index contributed by atoms with van der Waals surface area (Å²) in [7, 11) is 0. The van der Waals surface area contributed by atoms with Crippen molar-refractivity contribution in [2.45, 2.75) is 63.9 Å². The second kappa shape index (κ2) is 11.8. The van der Waals surface area contributed by atoms with Gasteiger partial charge in [0.15, 0.2) is 0 Å². The molecule has 0 amide bonds. The van der Waals surface area contributed by atoms with Crippen molar-refractivity contribution in [1.82, 2.24) is 0 Å². The first-order valence-corrected chi connectivity index (χ1v) is 8.18. The van der Waals surface area contributed by atoms with Gasteiger partial charge in [0.1, 0.15) is 0 Å². The standard InChI is InChI=1S/C12H26S2/c1-4-7-8-9-12(13-10-5-2)14-11-6-3/h12H,4-11H2,1-3H3. The summed E-state index contributed by atoms with van der Waals surface area (Å²) in [4.78, 5) is 0. The van der Waals surface area contributed by atoms with E-state index in [-0.39, 0.29) is 0 Å². The molecule has 0 aliphatic carbocycles. The molecule has 0 bridgehead atoms. The third kappa shape index (κ3) is 9.26. The molecule has 0 aliphatic heterocycles. The maximum Gasteiger partial charge on any atom is 0.0502 e. The summed E-state index contributed by atoms with van der Waals surface area (Å²) in [5.74, 6) is 2.68. The van der Waals surface area contributed by atoms with Crippen molar-refractivity contribution in [3.63, 3.8) is 0 Å². The Morgan fingerprint density at radius 1 is 0.786 bits per heavy atom. The van der Waals surface area contributed by atoms with Crippen LogP contribution in [-0.2, 0) is 0 Å². The lowest BCUT2D eigenvalue weighted by Crippen LogP contribution is -1.99. The van der Waals surface area contributed by atoms with E-state index in [1.165, 1.54) is 50.0 Å². The molecule has 0 saturated heterocycles. The zero-order valence-corrected chi connectivity index (χ0v) is 11.7. The van der Waals surface area contributed by atoms with E-state index in [1.807, 2.05) is 0 Å². The molecule has 0 spiro atoms. The highest BCUT2D eigenvalue weighted by molar-refractivity contribution is 8.17. The molecule has 14 heavy (non-hydrogen) atoms. The molecule has 86 valence electrons. The van der Waals surface area contributed by atoms with Crippen LogP contribution in [0.3, 0.4) is 0 Å². The molecule has 0 aliphatic rings. The first-order chi connectivity index (χ1) is 6.85. The fourth-order valence-corrected chi connectivity index (χ4v) is 3.90. The lowest BCUT2D eigenvalue weighted by Gasteiger charge is -2.15. The van der Waals surface area contributed by atoms with Gasteiger partial charge >= 0.3 is 0 Å². The maximum absolute atomic E-state index is 2.29. The van der Waals surface area contributed by atoms with Crippen molar-refractivity contribution >= 4 is 23.5 Å². The van der Waals surface area contributed by atoms with Gasteiger partial charge in [-0.25, -0.2) is 0 Å². The summed E-state index contributed by atoms with van der Waals surface area (Å²) in [5.41, 5.74) is 0. The van der Waals surface area contributed by atoms with Crippen LogP contribution in [0.25, 0.3) is 0 Å². The predicted molar refractivity (Wildman–Crippen MR) is 73.4 cm³/mol. The van der Waals surface area contributed by atoms with Gasteiger partial charge in [-0.2, -0.15) is 0 Å². The van der Waals surface area contributed by atoms with E-state index in [1.54, 1.807) is 0 Å². The molecule has 0 aromatic heterocycles. The van der Waals surface area contributed by atoms with Crippen LogP contribution < -0.4 is 0 Å². The molecule has 2 heteroatoms. The lowest BCUT2D eigenvalue weighted by atomic mass is 10.2. The van der Waals surface area contributed by atoms with E-state index < -0.39 is 0 Å². The molecule has 0 fully saturated rings. The van der Waals surface area contributed by atoms with Gasteiger partial charge in [-0.1, -0.05) is 40.0 Å². The van der Waals surface area contributed by atoms with Gasteiger partial charge in [0, 0.05) is 0 Å². The molecular weight excluding hydrogens is 208 g/mol. The van der Waals surface area contributed by atoms with E-state index in [9.17, 15) is 0 Å². The summed E-state index contributed by atoms with van der Waals surface area (Å²) in [6, 6.07) is 0. The van der Waals surface area contributed by atoms with Gasteiger partial charge in [-0.3, -0.25) is 0 Å². The van der Waals surface area contributed by atoms with Crippen LogP contribution in [0.1, 0.15) is 59.3 Å². The van der Waals surface area contributed by atoms with Crippen molar-refractivity contribution < 1.29 is 0 Å². The maximum atomic E-state index is 2.29. The van der Waals surface area contributed by atoms with Crippen LogP contribution in [0.2, 0.25) is 0 Å². The van der Waals surface area contributed by atoms with Crippen molar-refractivity contribution in [2.75, 3.05) is 11.5 Å². The Hall–Kier alpha value is 0.700. The third-order valence-electron chi connectivity index (χ3n) is 2.06. The van der Waals surface area contributed by atoms with Crippen molar-refractivity contribution in [1.29, 1.82) is 0 Å². The smallest absolute Gasteiger partial charge is 0.0502 e. The molecule has 0 nitrogen and oxygen atoms in total. The van der Waals surface area contributed by atoms with Crippen LogP contribution >= 0.6 is 23.5 Å². The highest BCUT2D eigenvalue weighted by Crippen LogP contribution is 2.29. The minimum absolute atomic E-state index is 0.876. The molecule has 0 rings (SSSR count). The van der Waals surface area contributed by atoms with E-state index >= 15 is 0 Å². The van der Waals surface area contributed by atoms with Crippen LogP contribution in [0.4, 0.5) is 0 Å². The number of hydrogen-bond donors (Lipinski definition) is 0. The van der Waals surface area contributed by atoms with Crippen LogP contribution in [0.5, 0.6) is 0 Å². The normalized spacial score (nSPS) is 11.1. The zero-order valence-electron chi connectivity index (χ0n) is 10.1. The Morgan fingerprint density at radius 2 is 1.36 bits per heavy atom. The van der Waals surface area contributed by atoms with Crippen molar-refractivity contribution in [3.05, 3.63) is 0 Å². The number of unbranched alkanes of at least 4 members (excludes halogenated alkanes) is 2. The fraction of sp³-hybridized carbons (Fsp3) is 1.00. The number of rotatable bonds is 10. The van der Waals surface area contributed by atoms with Gasteiger partial charge in [-0.05, 0) is 30.8 Å². The molecule has 0 radical (unpaired) electrons. The Bertz CT molecular complexity index is 96.5. The van der Waals surface area contributed by atoms with Gasteiger partial charge in [-0.15, -0.1) is 23.5 Å². The van der Waals surface area contributed by atoms with Gasteiger partial charge in [0.25, 0.3) is 0 Å². The number of hydrogen-bond acceptors (Lipinski definition) is 2. The molecule has 0 heterocycles. The Kier molecular flexibility index (Phi) is 12.4. The minimum atomic E-state index is 0.876. The minimum Gasteiger partial charge on any atom is -0.148 e. The van der Waals surface area contributed by atoms with Gasteiger partial charge in [0.2, 0.25) is 0 Å². The number of thioether (sulfide) groups is 2. The quantitative estimate of drug-likeness (QED) is 0.377. The molecule has 0 saturated carbocycles. The topological polar surface area (TPSA) is 0 Å². The largest absolute Gasteiger partial charge is 0.148 e. The second-order valence-corrected chi connectivity index (χ2v) is 6.59. The molecule has 0 aromatic carbocycles. The average molecular weight is 234 g/mol. The van der Waals surface area contributed by atoms with Gasteiger partial charge < -0.3 is 0 Å². The zero-order chi connectivity index (χ0) is 10.6. The van der Waals surface area contributed by atoms with E-state index in [4.69, 9.17) is 0 Å². The highest BCUT2D eigenvalue weighted by atomic mass is 32.2. The molecule has 0 N–H and O–H groups in total. The summed E-state index contributed by atoms with van der Waals surface area (Å²) >= 11 is 4.35. The summed E-state index contributed by atoms with van der Waals surface area (Å²) < 4.78 is 0.876. The Labute approximate surface area is 99.0 Å². The summed E-state index contributed by atoms with van der Waals surface area (Å²) in [5, 5.41) is 0. The van der Waals surface area contributed by atoms with E-state index in [0.29, 0.717) is 0 Å². The highest BCUT2D eigenvalue weighted by Gasteiger charge is 2.07. The van der Waals surface area contributed by atoms with Gasteiger partial charge in [0.05, 0.1) is 4.58 Å². The molecular formula is C12H26S2. The fourth-order valence-electron chi connectivity index (χ4n) is 1.27. The molecule has 0 unspecified atom stereocenters. The molecule has 0 atom stereocenters. The van der Waals surface area contributed by atoms with Crippen LogP contribution in [0.15, 0.2) is 0 Å².